The third-order valence-electron chi connectivity index (χ3n) is 6.14. The largest absolute Gasteiger partial charge is 0.354 e. The van der Waals surface area contributed by atoms with Gasteiger partial charge in [-0.2, -0.15) is 0 Å². The molecule has 1 aliphatic rings. The van der Waals surface area contributed by atoms with Gasteiger partial charge in [0, 0.05) is 19.0 Å². The molecule has 0 spiro atoms. The molecule has 3 N–H and O–H groups in total. The second-order valence-electron chi connectivity index (χ2n) is 9.06. The first-order valence-electron chi connectivity index (χ1n) is 11.8. The summed E-state index contributed by atoms with van der Waals surface area (Å²) in [4.78, 5) is 37.5. The van der Waals surface area contributed by atoms with Crippen LogP contribution in [0.4, 0.5) is 0 Å². The Morgan fingerprint density at radius 1 is 0.906 bits per heavy atom. The van der Waals surface area contributed by atoms with Crippen LogP contribution in [0.1, 0.15) is 51.5 Å². The molecule has 0 radical (unpaired) electrons. The Bertz CT molecular complexity index is 935. The Morgan fingerprint density at radius 3 is 2.31 bits per heavy atom. The van der Waals surface area contributed by atoms with Gasteiger partial charge in [-0.25, -0.2) is 0 Å². The summed E-state index contributed by atoms with van der Waals surface area (Å²) < 4.78 is 0. The van der Waals surface area contributed by atoms with Gasteiger partial charge in [-0.05, 0) is 35.1 Å². The van der Waals surface area contributed by atoms with Gasteiger partial charge < -0.3 is 16.0 Å². The quantitative estimate of drug-likeness (QED) is 0.526. The van der Waals surface area contributed by atoms with E-state index >= 15 is 0 Å². The van der Waals surface area contributed by atoms with Gasteiger partial charge in [0.05, 0.1) is 6.42 Å². The van der Waals surface area contributed by atoms with Gasteiger partial charge in [0.2, 0.25) is 17.7 Å². The van der Waals surface area contributed by atoms with E-state index in [1.54, 1.807) is 0 Å². The molecule has 1 saturated carbocycles. The topological polar surface area (TPSA) is 87.3 Å². The predicted molar refractivity (Wildman–Crippen MR) is 127 cm³/mol. The van der Waals surface area contributed by atoms with Crippen molar-refractivity contribution >= 4 is 28.5 Å². The van der Waals surface area contributed by atoms with Gasteiger partial charge in [0.1, 0.15) is 6.04 Å². The van der Waals surface area contributed by atoms with E-state index in [1.165, 1.54) is 6.42 Å². The number of fused-ring (bicyclic) bond motifs is 1. The molecule has 6 heteroatoms. The van der Waals surface area contributed by atoms with Crippen LogP contribution in [-0.4, -0.2) is 36.9 Å². The Kier molecular flexibility index (Phi) is 8.65. The molecule has 3 amide bonds. The van der Waals surface area contributed by atoms with E-state index in [2.05, 4.69) is 16.0 Å². The molecule has 0 aliphatic heterocycles. The lowest BCUT2D eigenvalue weighted by Gasteiger charge is -2.23. The molecular weight excluding hydrogens is 402 g/mol. The second-order valence-corrected chi connectivity index (χ2v) is 9.06. The summed E-state index contributed by atoms with van der Waals surface area (Å²) in [6.07, 6.45) is 5.57. The molecule has 172 valence electrons. The van der Waals surface area contributed by atoms with Gasteiger partial charge in [0.15, 0.2) is 0 Å². The minimum atomic E-state index is -0.614. The molecule has 3 rings (SSSR count). The zero-order valence-electron chi connectivity index (χ0n) is 19.2. The summed E-state index contributed by atoms with van der Waals surface area (Å²) in [6, 6.07) is 13.4. The maximum atomic E-state index is 12.7. The third kappa shape index (κ3) is 6.81. The zero-order chi connectivity index (χ0) is 22.9. The first-order valence-corrected chi connectivity index (χ1v) is 11.8. The number of nitrogens with one attached hydrogen (secondary N) is 3. The Labute approximate surface area is 190 Å². The first-order chi connectivity index (χ1) is 15.4. The number of amides is 3. The van der Waals surface area contributed by atoms with E-state index < -0.39 is 6.04 Å². The van der Waals surface area contributed by atoms with Crippen LogP contribution in [0.3, 0.4) is 0 Å². The molecule has 32 heavy (non-hydrogen) atoms. The van der Waals surface area contributed by atoms with E-state index in [9.17, 15) is 14.4 Å². The molecule has 1 aliphatic carbocycles. The number of hydrogen-bond acceptors (Lipinski definition) is 3. The highest BCUT2D eigenvalue weighted by Crippen LogP contribution is 2.23. The van der Waals surface area contributed by atoms with Crippen molar-refractivity contribution in [3.8, 4) is 0 Å². The van der Waals surface area contributed by atoms with Crippen LogP contribution in [0.15, 0.2) is 42.5 Å². The highest BCUT2D eigenvalue weighted by Gasteiger charge is 2.24. The van der Waals surface area contributed by atoms with Crippen molar-refractivity contribution in [2.45, 2.75) is 58.4 Å². The minimum absolute atomic E-state index is 0.0487. The SMILES string of the molecule is CC(C)C(NC(=O)Cc1ccc2ccccc2c1)C(=O)NCCNC(=O)C1CCCCC1. The molecule has 0 bridgehead atoms. The second kappa shape index (κ2) is 11.7. The van der Waals surface area contributed by atoms with Gasteiger partial charge in [-0.15, -0.1) is 0 Å². The van der Waals surface area contributed by atoms with E-state index in [0.29, 0.717) is 13.1 Å². The molecule has 0 saturated heterocycles. The lowest BCUT2D eigenvalue weighted by Crippen LogP contribution is -2.51. The fourth-order valence-electron chi connectivity index (χ4n) is 4.28. The highest BCUT2D eigenvalue weighted by atomic mass is 16.2. The van der Waals surface area contributed by atoms with Crippen LogP contribution in [0.2, 0.25) is 0 Å². The van der Waals surface area contributed by atoms with E-state index in [1.807, 2.05) is 56.3 Å². The standard InChI is InChI=1S/C26H35N3O3/c1-18(2)24(26(32)28-15-14-27-25(31)21-9-4-3-5-10-21)29-23(30)17-19-12-13-20-8-6-7-11-22(20)16-19/h6-8,11-13,16,18,21,24H,3-5,9-10,14-15,17H2,1-2H3,(H,27,31)(H,28,32)(H,29,30). The molecule has 0 heterocycles. The summed E-state index contributed by atoms with van der Waals surface area (Å²) in [5.74, 6) is -0.258. The molecule has 0 aromatic heterocycles. The van der Waals surface area contributed by atoms with Crippen LogP contribution in [-0.2, 0) is 20.8 Å². The fraction of sp³-hybridized carbons (Fsp3) is 0.500. The monoisotopic (exact) mass is 437 g/mol. The van der Waals surface area contributed by atoms with Gasteiger partial charge in [0.25, 0.3) is 0 Å². The van der Waals surface area contributed by atoms with E-state index in [-0.39, 0.29) is 36.0 Å². The van der Waals surface area contributed by atoms with Crippen molar-refractivity contribution in [1.29, 1.82) is 0 Å². The third-order valence-corrected chi connectivity index (χ3v) is 6.14. The lowest BCUT2D eigenvalue weighted by molar-refractivity contribution is -0.130. The van der Waals surface area contributed by atoms with Crippen LogP contribution < -0.4 is 16.0 Å². The van der Waals surface area contributed by atoms with Crippen molar-refractivity contribution in [3.63, 3.8) is 0 Å². The van der Waals surface area contributed by atoms with Crippen molar-refractivity contribution in [2.75, 3.05) is 13.1 Å². The van der Waals surface area contributed by atoms with Crippen LogP contribution >= 0.6 is 0 Å². The number of rotatable bonds is 9. The molecule has 2 aromatic rings. The summed E-state index contributed by atoms with van der Waals surface area (Å²) in [7, 11) is 0. The van der Waals surface area contributed by atoms with Crippen molar-refractivity contribution in [3.05, 3.63) is 48.0 Å². The van der Waals surface area contributed by atoms with E-state index in [0.717, 1.165) is 42.0 Å². The Balaban J connectivity index is 1.45. The summed E-state index contributed by atoms with van der Waals surface area (Å²) in [5.41, 5.74) is 0.912. The predicted octanol–water partition coefficient (Wildman–Crippen LogP) is 3.34. The average molecular weight is 438 g/mol. The maximum absolute atomic E-state index is 12.7. The normalized spacial score (nSPS) is 15.3. The van der Waals surface area contributed by atoms with Gasteiger partial charge in [-0.1, -0.05) is 75.6 Å². The van der Waals surface area contributed by atoms with Gasteiger partial charge >= 0.3 is 0 Å². The zero-order valence-corrected chi connectivity index (χ0v) is 19.2. The first kappa shape index (κ1) is 23.8. The molecular formula is C26H35N3O3. The number of carbonyl (C=O) groups is 3. The number of hydrogen-bond donors (Lipinski definition) is 3. The van der Waals surface area contributed by atoms with Crippen LogP contribution in [0, 0.1) is 11.8 Å². The highest BCUT2D eigenvalue weighted by molar-refractivity contribution is 5.89. The van der Waals surface area contributed by atoms with Crippen LogP contribution in [0.5, 0.6) is 0 Å². The summed E-state index contributed by atoms with van der Waals surface area (Å²) >= 11 is 0. The molecule has 1 unspecified atom stereocenters. The molecule has 2 aromatic carbocycles. The molecule has 1 atom stereocenters. The minimum Gasteiger partial charge on any atom is -0.354 e. The number of carbonyl (C=O) groups excluding carboxylic acids is 3. The molecule has 6 nitrogen and oxygen atoms in total. The summed E-state index contributed by atoms with van der Waals surface area (Å²) in [5, 5.41) is 10.9. The number of benzene rings is 2. The maximum Gasteiger partial charge on any atom is 0.242 e. The smallest absolute Gasteiger partial charge is 0.242 e. The van der Waals surface area contributed by atoms with Crippen LogP contribution in [0.25, 0.3) is 10.8 Å². The lowest BCUT2D eigenvalue weighted by atomic mass is 9.89. The Hall–Kier alpha value is -2.89. The van der Waals surface area contributed by atoms with Crippen molar-refractivity contribution < 1.29 is 14.4 Å². The average Bonchev–Trinajstić information content (AvgIpc) is 2.80. The van der Waals surface area contributed by atoms with Crippen molar-refractivity contribution in [1.82, 2.24) is 16.0 Å². The van der Waals surface area contributed by atoms with Gasteiger partial charge in [-0.3, -0.25) is 14.4 Å². The van der Waals surface area contributed by atoms with Crippen molar-refractivity contribution in [2.24, 2.45) is 11.8 Å². The summed E-state index contributed by atoms with van der Waals surface area (Å²) in [6.45, 7) is 4.56. The van der Waals surface area contributed by atoms with E-state index in [4.69, 9.17) is 0 Å². The fourth-order valence-corrected chi connectivity index (χ4v) is 4.28. The molecule has 1 fully saturated rings. The Morgan fingerprint density at radius 2 is 1.59 bits per heavy atom.